The summed E-state index contributed by atoms with van der Waals surface area (Å²) in [5, 5.41) is 34.9. The van der Waals surface area contributed by atoms with Gasteiger partial charge in [-0.3, -0.25) is 10.1 Å². The number of carboxylic acids is 1. The number of β-lactam (4-membered cyclic amide) rings is 1. The smallest absolute Gasteiger partial charge is 0.353 e. The van der Waals surface area contributed by atoms with Gasteiger partial charge >= 0.3 is 5.97 Å². The van der Waals surface area contributed by atoms with Crippen molar-refractivity contribution in [2.75, 3.05) is 19.8 Å². The highest BCUT2D eigenvalue weighted by atomic mass is 32.2. The molecule has 0 aliphatic carbocycles. The van der Waals surface area contributed by atoms with Gasteiger partial charge in [0, 0.05) is 28.7 Å². The number of carboxylic acid groups (broad SMARTS) is 1. The number of hydrogen-bond donors (Lipinski definition) is 5. The van der Waals surface area contributed by atoms with Crippen LogP contribution in [0, 0.1) is 11.8 Å². The Morgan fingerprint density at radius 1 is 1.50 bits per heavy atom. The Labute approximate surface area is 157 Å². The van der Waals surface area contributed by atoms with Gasteiger partial charge in [0.15, 0.2) is 0 Å². The van der Waals surface area contributed by atoms with Gasteiger partial charge in [0.1, 0.15) is 5.70 Å². The minimum absolute atomic E-state index is 0.0348. The number of nitrogens with zero attached hydrogens (tertiary/aromatic N) is 1. The normalized spacial score (nSPS) is 34.8. The van der Waals surface area contributed by atoms with E-state index in [1.54, 1.807) is 18.7 Å². The molecule has 146 valence electrons. The van der Waals surface area contributed by atoms with Crippen molar-refractivity contribution in [3.63, 3.8) is 0 Å². The fraction of sp³-hybridized carbons (Fsp3) is 0.765. The van der Waals surface area contributed by atoms with Crippen LogP contribution in [-0.4, -0.2) is 75.4 Å². The molecule has 1 amide bonds. The average molecular weight is 385 g/mol. The number of aliphatic hydroxyl groups excluding tert-OH is 2. The van der Waals surface area contributed by atoms with E-state index in [1.807, 2.05) is 6.92 Å². The molecule has 3 aliphatic heterocycles. The average Bonchev–Trinajstić information content (AvgIpc) is 3.10. The number of nitrogens with one attached hydrogen (secondary N) is 2. The number of rotatable bonds is 8. The van der Waals surface area contributed by atoms with Gasteiger partial charge in [0.2, 0.25) is 5.91 Å². The molecule has 2 saturated heterocycles. The van der Waals surface area contributed by atoms with Crippen molar-refractivity contribution in [3.8, 4) is 0 Å². The Bertz CT molecular complexity index is 611. The first-order chi connectivity index (χ1) is 12.4. The van der Waals surface area contributed by atoms with Crippen molar-refractivity contribution >= 4 is 23.6 Å². The largest absolute Gasteiger partial charge is 0.477 e. The molecule has 2 fully saturated rings. The van der Waals surface area contributed by atoms with Crippen LogP contribution in [0.3, 0.4) is 0 Å². The van der Waals surface area contributed by atoms with Gasteiger partial charge in [-0.1, -0.05) is 6.92 Å². The second kappa shape index (κ2) is 7.85. The fourth-order valence-electron chi connectivity index (χ4n) is 4.31. The Morgan fingerprint density at radius 2 is 2.23 bits per heavy atom. The molecule has 0 bridgehead atoms. The second-order valence-corrected chi connectivity index (χ2v) is 8.64. The molecule has 9 heteroatoms. The van der Waals surface area contributed by atoms with Crippen molar-refractivity contribution in [1.82, 2.24) is 15.5 Å². The first kappa shape index (κ1) is 19.6. The summed E-state index contributed by atoms with van der Waals surface area (Å²) in [4.78, 5) is 26.3. The van der Waals surface area contributed by atoms with Gasteiger partial charge in [-0.15, -0.1) is 11.8 Å². The molecule has 3 rings (SSSR count). The maximum absolute atomic E-state index is 12.3. The van der Waals surface area contributed by atoms with E-state index in [0.29, 0.717) is 6.04 Å². The molecule has 5 N–H and O–H groups in total. The van der Waals surface area contributed by atoms with Gasteiger partial charge in [-0.05, 0) is 26.3 Å². The van der Waals surface area contributed by atoms with E-state index in [2.05, 4.69) is 10.6 Å². The number of thioether (sulfide) groups is 1. The van der Waals surface area contributed by atoms with Crippen LogP contribution in [0.1, 0.15) is 26.7 Å². The van der Waals surface area contributed by atoms with Crippen LogP contribution in [0.5, 0.6) is 0 Å². The Balaban J connectivity index is 1.69. The zero-order valence-electron chi connectivity index (χ0n) is 15.0. The lowest BCUT2D eigenvalue weighted by molar-refractivity contribution is -0.163. The van der Waals surface area contributed by atoms with Crippen LogP contribution in [0.25, 0.3) is 0 Å². The van der Waals surface area contributed by atoms with Crippen LogP contribution in [0.15, 0.2) is 10.6 Å². The third kappa shape index (κ3) is 3.38. The number of carbonyl (C=O) groups excluding carboxylic acids is 1. The summed E-state index contributed by atoms with van der Waals surface area (Å²) in [6, 6.07) is 0.0797. The maximum atomic E-state index is 12.3. The van der Waals surface area contributed by atoms with Crippen LogP contribution >= 0.6 is 11.8 Å². The van der Waals surface area contributed by atoms with Crippen LogP contribution < -0.4 is 10.6 Å². The molecule has 0 saturated carbocycles. The highest BCUT2D eigenvalue weighted by Crippen LogP contribution is 2.51. The van der Waals surface area contributed by atoms with Crippen molar-refractivity contribution in [1.29, 1.82) is 0 Å². The summed E-state index contributed by atoms with van der Waals surface area (Å²) in [5.41, 5.74) is 0.0970. The number of carbonyl (C=O) groups is 2. The highest BCUT2D eigenvalue weighted by molar-refractivity contribution is 8.03. The number of fused-ring (bicyclic) bond motifs is 1. The van der Waals surface area contributed by atoms with Crippen molar-refractivity contribution in [3.05, 3.63) is 10.6 Å². The Kier molecular flexibility index (Phi) is 5.93. The monoisotopic (exact) mass is 385 g/mol. The van der Waals surface area contributed by atoms with Crippen molar-refractivity contribution in [2.45, 2.75) is 50.1 Å². The molecular formula is C17H27N3O5S. The van der Waals surface area contributed by atoms with Gasteiger partial charge < -0.3 is 25.5 Å². The molecule has 26 heavy (non-hydrogen) atoms. The van der Waals surface area contributed by atoms with E-state index in [0.717, 1.165) is 30.8 Å². The van der Waals surface area contributed by atoms with E-state index in [4.69, 9.17) is 5.11 Å². The van der Waals surface area contributed by atoms with Gasteiger partial charge in [0.25, 0.3) is 0 Å². The molecule has 8 nitrogen and oxygen atoms in total. The van der Waals surface area contributed by atoms with E-state index in [9.17, 15) is 19.8 Å². The molecule has 0 radical (unpaired) electrons. The number of hydrogen-bond acceptors (Lipinski definition) is 7. The first-order valence-electron chi connectivity index (χ1n) is 9.07. The lowest BCUT2D eigenvalue weighted by Crippen LogP contribution is -2.63. The highest BCUT2D eigenvalue weighted by Gasteiger charge is 2.60. The van der Waals surface area contributed by atoms with Crippen molar-refractivity contribution < 1.29 is 24.9 Å². The minimum Gasteiger partial charge on any atom is -0.477 e. The summed E-state index contributed by atoms with van der Waals surface area (Å²) >= 11 is 1.56. The second-order valence-electron chi connectivity index (χ2n) is 7.30. The fourth-order valence-corrected chi connectivity index (χ4v) is 5.82. The topological polar surface area (TPSA) is 122 Å². The third-order valence-corrected chi connectivity index (χ3v) is 7.08. The first-order valence-corrected chi connectivity index (χ1v) is 9.95. The molecule has 6 atom stereocenters. The maximum Gasteiger partial charge on any atom is 0.353 e. The summed E-state index contributed by atoms with van der Waals surface area (Å²) in [6.45, 7) is 5.02. The molecule has 0 unspecified atom stereocenters. The predicted molar refractivity (Wildman–Crippen MR) is 97.1 cm³/mol. The molecular weight excluding hydrogens is 358 g/mol. The third-order valence-electron chi connectivity index (χ3n) is 5.57. The standard InChI is InChI=1S/C17H27N3O5S/c1-8-13-12(9(2)22)16(23)20(13)14(17(24)25)15(8)26-11-5-10(19-6-11)3-4-18-7-21/h8-13,18-19,21-22H,3-7H2,1-2H3,(H,24,25)/t8-,9+,10-,11-,12+,13+/m0/s1. The SMILES string of the molecule is C[C@@H]1C(S[C@@H]2CN[C@@H](CCNCO)C2)=C(C(=O)O)N2C(=O)[C@H]([C@@H](C)O)[C@@H]12. The predicted octanol–water partition coefficient (Wildman–Crippen LogP) is -0.467. The Morgan fingerprint density at radius 3 is 2.85 bits per heavy atom. The van der Waals surface area contributed by atoms with E-state index in [-0.39, 0.29) is 35.5 Å². The summed E-state index contributed by atoms with van der Waals surface area (Å²) < 4.78 is 0. The van der Waals surface area contributed by atoms with Crippen LogP contribution in [0.4, 0.5) is 0 Å². The van der Waals surface area contributed by atoms with Gasteiger partial charge in [0.05, 0.1) is 24.8 Å². The zero-order valence-corrected chi connectivity index (χ0v) is 15.8. The molecule has 0 aromatic carbocycles. The lowest BCUT2D eigenvalue weighted by Gasteiger charge is -2.46. The number of aliphatic carboxylic acids is 1. The molecule has 0 aromatic heterocycles. The molecule has 3 aliphatic rings. The summed E-state index contributed by atoms with van der Waals surface area (Å²) in [6.07, 6.45) is 1.04. The van der Waals surface area contributed by atoms with Gasteiger partial charge in [-0.2, -0.15) is 0 Å². The van der Waals surface area contributed by atoms with E-state index >= 15 is 0 Å². The summed E-state index contributed by atoms with van der Waals surface area (Å²) in [7, 11) is 0. The number of aliphatic hydroxyl groups is 2. The number of amides is 1. The molecule has 0 aromatic rings. The zero-order chi connectivity index (χ0) is 19.0. The van der Waals surface area contributed by atoms with Crippen molar-refractivity contribution in [2.24, 2.45) is 11.8 Å². The molecule has 3 heterocycles. The lowest BCUT2D eigenvalue weighted by atomic mass is 9.79. The van der Waals surface area contributed by atoms with Crippen LogP contribution in [0.2, 0.25) is 0 Å². The van der Waals surface area contributed by atoms with E-state index < -0.39 is 18.0 Å². The van der Waals surface area contributed by atoms with Gasteiger partial charge in [-0.25, -0.2) is 4.79 Å². The summed E-state index contributed by atoms with van der Waals surface area (Å²) in [5.74, 6) is -1.97. The quantitative estimate of drug-likeness (QED) is 0.216. The minimum atomic E-state index is -1.08. The molecule has 0 spiro atoms. The van der Waals surface area contributed by atoms with Crippen LogP contribution in [-0.2, 0) is 9.59 Å². The van der Waals surface area contributed by atoms with E-state index in [1.165, 1.54) is 4.90 Å². The Hall–Kier alpha value is -1.13.